The van der Waals surface area contributed by atoms with Crippen LogP contribution in [0.4, 0.5) is 0 Å². The standard InChI is InChI=1S/C12H26N2O3/c1-10(2)9-14(6-8-17-4)12(15)11(13)5-7-16-3/h10-11H,5-9,13H2,1-4H3. The van der Waals surface area contributed by atoms with Crippen molar-refractivity contribution in [2.75, 3.05) is 40.5 Å². The first-order valence-corrected chi connectivity index (χ1v) is 6.05. The van der Waals surface area contributed by atoms with E-state index in [1.54, 1.807) is 19.1 Å². The molecule has 5 nitrogen and oxygen atoms in total. The molecule has 0 aromatic carbocycles. The molecule has 5 heteroatoms. The van der Waals surface area contributed by atoms with Crippen molar-refractivity contribution >= 4 is 5.91 Å². The number of hydrogen-bond donors (Lipinski definition) is 1. The number of rotatable bonds is 9. The average Bonchev–Trinajstić information content (AvgIpc) is 2.29. The van der Waals surface area contributed by atoms with Gasteiger partial charge in [-0.15, -0.1) is 0 Å². The van der Waals surface area contributed by atoms with Crippen molar-refractivity contribution in [3.63, 3.8) is 0 Å². The van der Waals surface area contributed by atoms with Gasteiger partial charge in [0.15, 0.2) is 0 Å². The molecule has 1 atom stereocenters. The maximum atomic E-state index is 12.1. The zero-order chi connectivity index (χ0) is 13.3. The first-order chi connectivity index (χ1) is 8.02. The molecule has 0 saturated carbocycles. The first-order valence-electron chi connectivity index (χ1n) is 6.05. The van der Waals surface area contributed by atoms with E-state index in [1.165, 1.54) is 0 Å². The summed E-state index contributed by atoms with van der Waals surface area (Å²) in [6.07, 6.45) is 0.552. The number of carbonyl (C=O) groups is 1. The van der Waals surface area contributed by atoms with E-state index in [0.29, 0.717) is 38.6 Å². The third-order valence-corrected chi connectivity index (χ3v) is 2.41. The van der Waals surface area contributed by atoms with E-state index in [0.717, 1.165) is 0 Å². The first kappa shape index (κ1) is 16.4. The lowest BCUT2D eigenvalue weighted by Gasteiger charge is -2.27. The molecule has 0 radical (unpaired) electrons. The quantitative estimate of drug-likeness (QED) is 0.643. The number of nitrogens with two attached hydrogens (primary N) is 1. The molecule has 17 heavy (non-hydrogen) atoms. The zero-order valence-electron chi connectivity index (χ0n) is 11.4. The van der Waals surface area contributed by atoms with Crippen LogP contribution in [0.15, 0.2) is 0 Å². The highest BCUT2D eigenvalue weighted by molar-refractivity contribution is 5.81. The summed E-state index contributed by atoms with van der Waals surface area (Å²) in [6.45, 7) is 6.50. The van der Waals surface area contributed by atoms with Gasteiger partial charge in [-0.25, -0.2) is 0 Å². The summed E-state index contributed by atoms with van der Waals surface area (Å²) in [7, 11) is 3.23. The maximum Gasteiger partial charge on any atom is 0.239 e. The van der Waals surface area contributed by atoms with E-state index < -0.39 is 6.04 Å². The molecular formula is C12H26N2O3. The molecule has 2 N–H and O–H groups in total. The van der Waals surface area contributed by atoms with Gasteiger partial charge in [0.1, 0.15) is 0 Å². The van der Waals surface area contributed by atoms with Crippen LogP contribution in [-0.2, 0) is 14.3 Å². The van der Waals surface area contributed by atoms with Crippen LogP contribution in [0, 0.1) is 5.92 Å². The van der Waals surface area contributed by atoms with E-state index in [9.17, 15) is 4.79 Å². The number of hydrogen-bond acceptors (Lipinski definition) is 4. The van der Waals surface area contributed by atoms with Crippen molar-refractivity contribution in [2.24, 2.45) is 11.7 Å². The largest absolute Gasteiger partial charge is 0.385 e. The van der Waals surface area contributed by atoms with Gasteiger partial charge in [0.2, 0.25) is 5.91 Å². The van der Waals surface area contributed by atoms with Crippen LogP contribution >= 0.6 is 0 Å². The molecule has 0 rings (SSSR count). The van der Waals surface area contributed by atoms with Crippen LogP contribution in [0.1, 0.15) is 20.3 Å². The molecule has 0 aliphatic carbocycles. The van der Waals surface area contributed by atoms with E-state index in [2.05, 4.69) is 13.8 Å². The third-order valence-electron chi connectivity index (χ3n) is 2.41. The Kier molecular flexibility index (Phi) is 9.03. The Morgan fingerprint density at radius 1 is 1.24 bits per heavy atom. The Hall–Kier alpha value is -0.650. The Morgan fingerprint density at radius 2 is 1.82 bits per heavy atom. The minimum Gasteiger partial charge on any atom is -0.385 e. The lowest BCUT2D eigenvalue weighted by Crippen LogP contribution is -2.46. The van der Waals surface area contributed by atoms with Gasteiger partial charge in [-0.05, 0) is 12.3 Å². The Bertz CT molecular complexity index is 210. The Morgan fingerprint density at radius 3 is 2.29 bits per heavy atom. The van der Waals surface area contributed by atoms with E-state index in [4.69, 9.17) is 15.2 Å². The molecule has 0 heterocycles. The molecular weight excluding hydrogens is 220 g/mol. The van der Waals surface area contributed by atoms with Gasteiger partial charge in [-0.2, -0.15) is 0 Å². The molecule has 0 bridgehead atoms. The van der Waals surface area contributed by atoms with Crippen molar-refractivity contribution < 1.29 is 14.3 Å². The summed E-state index contributed by atoms with van der Waals surface area (Å²) in [5.41, 5.74) is 5.84. The fourth-order valence-corrected chi connectivity index (χ4v) is 1.54. The Labute approximate surface area is 104 Å². The summed E-state index contributed by atoms with van der Waals surface area (Å²) in [5.74, 6) is 0.401. The highest BCUT2D eigenvalue weighted by Gasteiger charge is 2.21. The van der Waals surface area contributed by atoms with Crippen molar-refractivity contribution in [1.29, 1.82) is 0 Å². The van der Waals surface area contributed by atoms with Crippen LogP contribution in [0.25, 0.3) is 0 Å². The monoisotopic (exact) mass is 246 g/mol. The fourth-order valence-electron chi connectivity index (χ4n) is 1.54. The van der Waals surface area contributed by atoms with Gasteiger partial charge in [-0.1, -0.05) is 13.8 Å². The summed E-state index contributed by atoms with van der Waals surface area (Å²) in [6, 6.07) is -0.481. The summed E-state index contributed by atoms with van der Waals surface area (Å²) in [5, 5.41) is 0. The van der Waals surface area contributed by atoms with Crippen LogP contribution in [0.3, 0.4) is 0 Å². The van der Waals surface area contributed by atoms with Gasteiger partial charge in [0.25, 0.3) is 0 Å². The number of carbonyl (C=O) groups excluding carboxylic acids is 1. The minimum absolute atomic E-state index is 0.0206. The lowest BCUT2D eigenvalue weighted by atomic mass is 10.1. The summed E-state index contributed by atoms with van der Waals surface area (Å²) in [4.78, 5) is 13.9. The van der Waals surface area contributed by atoms with Crippen LogP contribution in [0.2, 0.25) is 0 Å². The van der Waals surface area contributed by atoms with Crippen molar-refractivity contribution in [1.82, 2.24) is 4.90 Å². The SMILES string of the molecule is COCCC(N)C(=O)N(CCOC)CC(C)C. The molecule has 1 unspecified atom stereocenters. The third kappa shape index (κ3) is 7.31. The van der Waals surface area contributed by atoms with E-state index in [1.807, 2.05) is 0 Å². The number of nitrogens with zero attached hydrogens (tertiary/aromatic N) is 1. The summed E-state index contributed by atoms with van der Waals surface area (Å²) < 4.78 is 9.93. The van der Waals surface area contributed by atoms with Crippen LogP contribution in [-0.4, -0.2) is 57.4 Å². The van der Waals surface area contributed by atoms with Crippen molar-refractivity contribution in [3.05, 3.63) is 0 Å². The molecule has 102 valence electrons. The predicted molar refractivity (Wildman–Crippen MR) is 67.8 cm³/mol. The Balaban J connectivity index is 4.28. The van der Waals surface area contributed by atoms with Gasteiger partial charge >= 0.3 is 0 Å². The highest BCUT2D eigenvalue weighted by atomic mass is 16.5. The van der Waals surface area contributed by atoms with Gasteiger partial charge in [0.05, 0.1) is 12.6 Å². The fraction of sp³-hybridized carbons (Fsp3) is 0.917. The molecule has 1 amide bonds. The molecule has 0 fully saturated rings. The molecule has 0 aliphatic heterocycles. The van der Waals surface area contributed by atoms with Crippen LogP contribution in [0.5, 0.6) is 0 Å². The molecule has 0 aromatic heterocycles. The highest BCUT2D eigenvalue weighted by Crippen LogP contribution is 2.03. The van der Waals surface area contributed by atoms with Crippen molar-refractivity contribution in [3.8, 4) is 0 Å². The summed E-state index contributed by atoms with van der Waals surface area (Å²) >= 11 is 0. The molecule has 0 saturated heterocycles. The maximum absolute atomic E-state index is 12.1. The lowest BCUT2D eigenvalue weighted by molar-refractivity contribution is -0.134. The normalized spacial score (nSPS) is 12.8. The van der Waals surface area contributed by atoms with E-state index in [-0.39, 0.29) is 5.91 Å². The van der Waals surface area contributed by atoms with Gasteiger partial charge < -0.3 is 20.1 Å². The van der Waals surface area contributed by atoms with Crippen LogP contribution < -0.4 is 5.73 Å². The second-order valence-corrected chi connectivity index (χ2v) is 4.56. The molecule has 0 aromatic rings. The van der Waals surface area contributed by atoms with Crippen molar-refractivity contribution in [2.45, 2.75) is 26.3 Å². The number of methoxy groups -OCH3 is 2. The zero-order valence-corrected chi connectivity index (χ0v) is 11.4. The van der Waals surface area contributed by atoms with Gasteiger partial charge in [0, 0.05) is 33.9 Å². The smallest absolute Gasteiger partial charge is 0.239 e. The second kappa shape index (κ2) is 9.39. The van der Waals surface area contributed by atoms with E-state index >= 15 is 0 Å². The second-order valence-electron chi connectivity index (χ2n) is 4.56. The minimum atomic E-state index is -0.481. The molecule has 0 aliphatic rings. The van der Waals surface area contributed by atoms with Gasteiger partial charge in [-0.3, -0.25) is 4.79 Å². The predicted octanol–water partition coefficient (Wildman–Crippen LogP) is 0.481. The average molecular weight is 246 g/mol. The molecule has 0 spiro atoms. The number of amides is 1. The topological polar surface area (TPSA) is 64.8 Å². The number of ether oxygens (including phenoxy) is 2.